The van der Waals surface area contributed by atoms with Gasteiger partial charge >= 0.3 is 0 Å². The number of hydrogen-bond donors (Lipinski definition) is 1. The zero-order chi connectivity index (χ0) is 12.7. The van der Waals surface area contributed by atoms with Crippen LogP contribution < -0.4 is 5.32 Å². The smallest absolute Gasteiger partial charge is 0.000407 e. The highest BCUT2D eigenvalue weighted by Gasteiger charge is 2.14. The summed E-state index contributed by atoms with van der Waals surface area (Å²) in [7, 11) is 2.29. The second-order valence-corrected chi connectivity index (χ2v) is 6.48. The van der Waals surface area contributed by atoms with Gasteiger partial charge in [-0.25, -0.2) is 0 Å². The van der Waals surface area contributed by atoms with E-state index in [1.165, 1.54) is 51.9 Å². The SMILES string of the molecule is CC(C)CC(C)CN(C)CCC1CCNCC1. The molecule has 1 fully saturated rings. The Kier molecular flexibility index (Phi) is 7.14. The van der Waals surface area contributed by atoms with E-state index in [1.807, 2.05) is 0 Å². The maximum Gasteiger partial charge on any atom is 0.000407 e. The molecule has 0 aliphatic carbocycles. The standard InChI is InChI=1S/C15H32N2/c1-13(2)11-14(3)12-17(4)10-7-15-5-8-16-9-6-15/h13-16H,5-12H2,1-4H3. The predicted molar refractivity (Wildman–Crippen MR) is 76.3 cm³/mol. The quantitative estimate of drug-likeness (QED) is 0.736. The summed E-state index contributed by atoms with van der Waals surface area (Å²) in [6.07, 6.45) is 5.52. The van der Waals surface area contributed by atoms with Gasteiger partial charge in [-0.15, -0.1) is 0 Å². The third-order valence-electron chi connectivity index (χ3n) is 3.87. The Hall–Kier alpha value is -0.0800. The van der Waals surface area contributed by atoms with Gasteiger partial charge in [0.1, 0.15) is 0 Å². The minimum Gasteiger partial charge on any atom is -0.317 e. The molecule has 0 radical (unpaired) electrons. The van der Waals surface area contributed by atoms with Crippen molar-refractivity contribution in [1.29, 1.82) is 0 Å². The van der Waals surface area contributed by atoms with Crippen molar-refractivity contribution in [2.75, 3.05) is 33.2 Å². The highest BCUT2D eigenvalue weighted by molar-refractivity contribution is 4.70. The largest absolute Gasteiger partial charge is 0.317 e. The second kappa shape index (κ2) is 8.10. The lowest BCUT2D eigenvalue weighted by atomic mass is 9.94. The normalized spacial score (nSPS) is 20.1. The summed E-state index contributed by atoms with van der Waals surface area (Å²) >= 11 is 0. The molecule has 0 aromatic heterocycles. The molecular weight excluding hydrogens is 208 g/mol. The zero-order valence-electron chi connectivity index (χ0n) is 12.3. The number of nitrogens with one attached hydrogen (secondary N) is 1. The molecule has 0 aromatic rings. The molecule has 102 valence electrons. The second-order valence-electron chi connectivity index (χ2n) is 6.48. The Balaban J connectivity index is 2.09. The third kappa shape index (κ3) is 7.05. The Labute approximate surface area is 108 Å². The summed E-state index contributed by atoms with van der Waals surface area (Å²) in [5.74, 6) is 2.65. The number of nitrogens with zero attached hydrogens (tertiary/aromatic N) is 1. The monoisotopic (exact) mass is 240 g/mol. The van der Waals surface area contributed by atoms with Crippen molar-refractivity contribution in [3.05, 3.63) is 0 Å². The van der Waals surface area contributed by atoms with Gasteiger partial charge in [-0.2, -0.15) is 0 Å². The minimum absolute atomic E-state index is 0.836. The minimum atomic E-state index is 0.836. The van der Waals surface area contributed by atoms with Gasteiger partial charge in [-0.3, -0.25) is 0 Å². The Morgan fingerprint density at radius 2 is 1.82 bits per heavy atom. The first kappa shape index (κ1) is 15.0. The van der Waals surface area contributed by atoms with E-state index in [4.69, 9.17) is 0 Å². The van der Waals surface area contributed by atoms with Crippen LogP contribution in [0, 0.1) is 17.8 Å². The molecule has 0 bridgehead atoms. The van der Waals surface area contributed by atoms with Crippen LogP contribution in [0.1, 0.15) is 46.5 Å². The summed E-state index contributed by atoms with van der Waals surface area (Å²) < 4.78 is 0. The van der Waals surface area contributed by atoms with Gasteiger partial charge in [-0.05, 0) is 70.1 Å². The van der Waals surface area contributed by atoms with E-state index in [-0.39, 0.29) is 0 Å². The first-order chi connectivity index (χ1) is 8.08. The molecule has 0 spiro atoms. The fraction of sp³-hybridized carbons (Fsp3) is 1.00. The van der Waals surface area contributed by atoms with E-state index in [0.717, 1.165) is 17.8 Å². The van der Waals surface area contributed by atoms with Gasteiger partial charge in [0.2, 0.25) is 0 Å². The van der Waals surface area contributed by atoms with Crippen molar-refractivity contribution in [2.45, 2.75) is 46.5 Å². The van der Waals surface area contributed by atoms with Gasteiger partial charge in [0.15, 0.2) is 0 Å². The molecule has 0 amide bonds. The lowest BCUT2D eigenvalue weighted by Gasteiger charge is -2.27. The lowest BCUT2D eigenvalue weighted by Crippen LogP contribution is -2.31. The number of rotatable bonds is 7. The molecule has 1 atom stereocenters. The number of hydrogen-bond acceptors (Lipinski definition) is 2. The molecule has 2 nitrogen and oxygen atoms in total. The lowest BCUT2D eigenvalue weighted by molar-refractivity contribution is 0.234. The zero-order valence-corrected chi connectivity index (χ0v) is 12.3. The topological polar surface area (TPSA) is 15.3 Å². The fourth-order valence-corrected chi connectivity index (χ4v) is 3.08. The van der Waals surface area contributed by atoms with Gasteiger partial charge in [0.05, 0.1) is 0 Å². The summed E-state index contributed by atoms with van der Waals surface area (Å²) in [5, 5.41) is 3.44. The first-order valence-corrected chi connectivity index (χ1v) is 7.47. The Morgan fingerprint density at radius 3 is 2.41 bits per heavy atom. The summed E-state index contributed by atoms with van der Waals surface area (Å²) in [5.41, 5.74) is 0. The number of piperidine rings is 1. The summed E-state index contributed by atoms with van der Waals surface area (Å²) in [4.78, 5) is 2.54. The maximum atomic E-state index is 3.44. The maximum absolute atomic E-state index is 3.44. The molecule has 1 saturated heterocycles. The van der Waals surface area contributed by atoms with Crippen LogP contribution in [-0.2, 0) is 0 Å². The Bertz CT molecular complexity index is 185. The molecule has 17 heavy (non-hydrogen) atoms. The molecule has 1 rings (SSSR count). The predicted octanol–water partition coefficient (Wildman–Crippen LogP) is 2.99. The molecular formula is C15H32N2. The van der Waals surface area contributed by atoms with E-state index >= 15 is 0 Å². The van der Waals surface area contributed by atoms with Crippen LogP contribution >= 0.6 is 0 Å². The van der Waals surface area contributed by atoms with E-state index in [1.54, 1.807) is 0 Å². The molecule has 1 unspecified atom stereocenters. The van der Waals surface area contributed by atoms with Crippen LogP contribution in [0.3, 0.4) is 0 Å². The van der Waals surface area contributed by atoms with Crippen molar-refractivity contribution < 1.29 is 0 Å². The molecule has 1 aliphatic heterocycles. The van der Waals surface area contributed by atoms with Crippen LogP contribution in [0.4, 0.5) is 0 Å². The average molecular weight is 240 g/mol. The van der Waals surface area contributed by atoms with Gasteiger partial charge in [0.25, 0.3) is 0 Å². The summed E-state index contributed by atoms with van der Waals surface area (Å²) in [6, 6.07) is 0. The van der Waals surface area contributed by atoms with Crippen LogP contribution in [-0.4, -0.2) is 38.1 Å². The molecule has 1 N–H and O–H groups in total. The average Bonchev–Trinajstić information content (AvgIpc) is 2.26. The van der Waals surface area contributed by atoms with Gasteiger partial charge < -0.3 is 10.2 Å². The van der Waals surface area contributed by atoms with Gasteiger partial charge in [0, 0.05) is 6.54 Å². The van der Waals surface area contributed by atoms with Crippen molar-refractivity contribution in [2.24, 2.45) is 17.8 Å². The van der Waals surface area contributed by atoms with Gasteiger partial charge in [-0.1, -0.05) is 20.8 Å². The van der Waals surface area contributed by atoms with E-state index < -0.39 is 0 Å². The Morgan fingerprint density at radius 1 is 1.18 bits per heavy atom. The van der Waals surface area contributed by atoms with E-state index in [2.05, 4.69) is 38.0 Å². The molecule has 0 aromatic carbocycles. The molecule has 1 heterocycles. The molecule has 0 saturated carbocycles. The van der Waals surface area contributed by atoms with Crippen LogP contribution in [0.25, 0.3) is 0 Å². The van der Waals surface area contributed by atoms with Crippen LogP contribution in [0.5, 0.6) is 0 Å². The highest BCUT2D eigenvalue weighted by Crippen LogP contribution is 2.17. The van der Waals surface area contributed by atoms with Crippen molar-refractivity contribution in [3.8, 4) is 0 Å². The van der Waals surface area contributed by atoms with E-state index in [9.17, 15) is 0 Å². The first-order valence-electron chi connectivity index (χ1n) is 7.47. The highest BCUT2D eigenvalue weighted by atomic mass is 15.1. The molecule has 1 aliphatic rings. The third-order valence-corrected chi connectivity index (χ3v) is 3.87. The van der Waals surface area contributed by atoms with Crippen molar-refractivity contribution in [3.63, 3.8) is 0 Å². The van der Waals surface area contributed by atoms with Crippen LogP contribution in [0.15, 0.2) is 0 Å². The van der Waals surface area contributed by atoms with Crippen LogP contribution in [0.2, 0.25) is 0 Å². The molecule has 2 heteroatoms. The fourth-order valence-electron chi connectivity index (χ4n) is 3.08. The van der Waals surface area contributed by atoms with Crippen molar-refractivity contribution in [1.82, 2.24) is 10.2 Å². The van der Waals surface area contributed by atoms with Crippen molar-refractivity contribution >= 4 is 0 Å². The van der Waals surface area contributed by atoms with E-state index in [0.29, 0.717) is 0 Å². The summed E-state index contributed by atoms with van der Waals surface area (Å²) in [6.45, 7) is 12.1.